The van der Waals surface area contributed by atoms with Gasteiger partial charge in [-0.3, -0.25) is 9.79 Å². The van der Waals surface area contributed by atoms with E-state index in [1.165, 1.54) is 13.4 Å². The Kier molecular flexibility index (Phi) is 12.8. The van der Waals surface area contributed by atoms with E-state index in [0.717, 1.165) is 0 Å². The van der Waals surface area contributed by atoms with E-state index in [1.54, 1.807) is 6.92 Å². The molecule has 0 aromatic heterocycles. The highest BCUT2D eigenvalue weighted by Crippen LogP contribution is 1.99. The van der Waals surface area contributed by atoms with Gasteiger partial charge in [0.05, 0.1) is 25.3 Å². The van der Waals surface area contributed by atoms with Crippen molar-refractivity contribution < 1.29 is 17.9 Å². The molecule has 0 aromatic carbocycles. The average Bonchev–Trinajstić information content (AvgIpc) is 2.40. The SMILES string of the molecule is CCNC(=NCC(C)C(=O)OC)NC(C)CCS(C)(=O)=O.I. The van der Waals surface area contributed by atoms with Crippen molar-refractivity contribution >= 4 is 45.7 Å². The summed E-state index contributed by atoms with van der Waals surface area (Å²) in [5.41, 5.74) is 0. The second-order valence-corrected chi connectivity index (χ2v) is 7.37. The number of methoxy groups -OCH3 is 1. The lowest BCUT2D eigenvalue weighted by Gasteiger charge is -2.18. The van der Waals surface area contributed by atoms with Gasteiger partial charge in [0.25, 0.3) is 0 Å². The maximum absolute atomic E-state index is 11.3. The number of carbonyl (C=O) groups excluding carboxylic acids is 1. The van der Waals surface area contributed by atoms with Gasteiger partial charge in [-0.1, -0.05) is 6.92 Å². The van der Waals surface area contributed by atoms with Gasteiger partial charge >= 0.3 is 5.97 Å². The minimum absolute atomic E-state index is 0. The quantitative estimate of drug-likeness (QED) is 0.246. The molecule has 0 saturated heterocycles. The van der Waals surface area contributed by atoms with Crippen molar-refractivity contribution in [1.29, 1.82) is 0 Å². The van der Waals surface area contributed by atoms with Crippen LogP contribution in [0.1, 0.15) is 27.2 Å². The second-order valence-electron chi connectivity index (χ2n) is 5.11. The molecule has 132 valence electrons. The first-order valence-corrected chi connectivity index (χ1v) is 9.06. The zero-order valence-corrected chi connectivity index (χ0v) is 17.0. The van der Waals surface area contributed by atoms with Gasteiger partial charge in [-0.25, -0.2) is 8.42 Å². The highest BCUT2D eigenvalue weighted by Gasteiger charge is 2.13. The van der Waals surface area contributed by atoms with E-state index in [-0.39, 0.29) is 47.7 Å². The van der Waals surface area contributed by atoms with E-state index >= 15 is 0 Å². The van der Waals surface area contributed by atoms with Crippen LogP contribution in [0.4, 0.5) is 0 Å². The van der Waals surface area contributed by atoms with Crippen LogP contribution in [0.2, 0.25) is 0 Å². The normalized spacial score (nSPS) is 14.5. The van der Waals surface area contributed by atoms with Crippen molar-refractivity contribution in [2.75, 3.05) is 32.2 Å². The monoisotopic (exact) mass is 449 g/mol. The Labute approximate surface area is 150 Å². The van der Waals surface area contributed by atoms with Crippen molar-refractivity contribution in [1.82, 2.24) is 10.6 Å². The molecular weight excluding hydrogens is 421 g/mol. The van der Waals surface area contributed by atoms with Crippen LogP contribution in [-0.4, -0.2) is 58.6 Å². The van der Waals surface area contributed by atoms with E-state index in [0.29, 0.717) is 25.5 Å². The summed E-state index contributed by atoms with van der Waals surface area (Å²) in [5.74, 6) is 0.0600. The standard InChI is InChI=1S/C13H27N3O4S.HI/c1-6-14-13(15-9-10(2)12(17)20-4)16-11(3)7-8-21(5,18)19;/h10-11H,6-9H2,1-5H3,(H2,14,15,16);1H. The number of aliphatic imine (C=N–C) groups is 1. The van der Waals surface area contributed by atoms with Gasteiger partial charge in [0.2, 0.25) is 0 Å². The first-order chi connectivity index (χ1) is 9.69. The summed E-state index contributed by atoms with van der Waals surface area (Å²) in [5, 5.41) is 6.19. The molecule has 0 fully saturated rings. The molecule has 0 heterocycles. The van der Waals surface area contributed by atoms with Gasteiger partial charge < -0.3 is 15.4 Å². The van der Waals surface area contributed by atoms with Crippen molar-refractivity contribution in [3.8, 4) is 0 Å². The third kappa shape index (κ3) is 12.0. The van der Waals surface area contributed by atoms with Crippen molar-refractivity contribution in [2.45, 2.75) is 33.2 Å². The number of ether oxygens (including phenoxy) is 1. The van der Waals surface area contributed by atoms with E-state index in [4.69, 9.17) is 0 Å². The molecule has 2 atom stereocenters. The van der Waals surface area contributed by atoms with E-state index < -0.39 is 9.84 Å². The first kappa shape index (κ1) is 23.7. The fourth-order valence-corrected chi connectivity index (χ4v) is 2.30. The van der Waals surface area contributed by atoms with Crippen LogP contribution in [0.15, 0.2) is 4.99 Å². The van der Waals surface area contributed by atoms with Crippen LogP contribution >= 0.6 is 24.0 Å². The molecule has 0 bridgehead atoms. The van der Waals surface area contributed by atoms with E-state index in [9.17, 15) is 13.2 Å². The Hall–Kier alpha value is -0.580. The van der Waals surface area contributed by atoms with Crippen molar-refractivity contribution in [2.24, 2.45) is 10.9 Å². The number of carbonyl (C=O) groups is 1. The topological polar surface area (TPSA) is 96.9 Å². The van der Waals surface area contributed by atoms with Crippen LogP contribution < -0.4 is 10.6 Å². The summed E-state index contributed by atoms with van der Waals surface area (Å²) in [6, 6.07) is -0.0362. The third-order valence-corrected chi connectivity index (χ3v) is 3.75. The Morgan fingerprint density at radius 3 is 2.36 bits per heavy atom. The minimum Gasteiger partial charge on any atom is -0.469 e. The lowest BCUT2D eigenvalue weighted by Crippen LogP contribution is -2.43. The van der Waals surface area contributed by atoms with Crippen molar-refractivity contribution in [3.63, 3.8) is 0 Å². The molecule has 0 amide bonds. The molecule has 2 unspecified atom stereocenters. The summed E-state index contributed by atoms with van der Waals surface area (Å²) in [6.45, 7) is 6.55. The molecular formula is C13H28IN3O4S. The predicted octanol–water partition coefficient (Wildman–Crippen LogP) is 0.792. The lowest BCUT2D eigenvalue weighted by molar-refractivity contribution is -0.144. The van der Waals surface area contributed by atoms with Crippen LogP contribution in [0.25, 0.3) is 0 Å². The number of hydrogen-bond acceptors (Lipinski definition) is 5. The summed E-state index contributed by atoms with van der Waals surface area (Å²) in [4.78, 5) is 15.6. The van der Waals surface area contributed by atoms with Crippen LogP contribution in [0.3, 0.4) is 0 Å². The number of esters is 1. The molecule has 0 aliphatic rings. The minimum atomic E-state index is -2.97. The Morgan fingerprint density at radius 1 is 1.32 bits per heavy atom. The number of sulfone groups is 1. The second kappa shape index (κ2) is 11.9. The van der Waals surface area contributed by atoms with Gasteiger partial charge in [-0.05, 0) is 20.3 Å². The molecule has 0 aromatic rings. The Morgan fingerprint density at radius 2 is 1.91 bits per heavy atom. The smallest absolute Gasteiger partial charge is 0.310 e. The van der Waals surface area contributed by atoms with Crippen molar-refractivity contribution in [3.05, 3.63) is 0 Å². The molecule has 0 spiro atoms. The van der Waals surface area contributed by atoms with Gasteiger partial charge in [0, 0.05) is 18.8 Å². The lowest BCUT2D eigenvalue weighted by atomic mass is 10.2. The van der Waals surface area contributed by atoms with E-state index in [1.807, 2.05) is 13.8 Å². The predicted molar refractivity (Wildman–Crippen MR) is 99.5 cm³/mol. The first-order valence-electron chi connectivity index (χ1n) is 7.00. The fourth-order valence-electron chi connectivity index (χ4n) is 1.52. The summed E-state index contributed by atoms with van der Waals surface area (Å²) >= 11 is 0. The molecule has 0 radical (unpaired) electrons. The number of rotatable bonds is 8. The Balaban J connectivity index is 0. The molecule has 0 saturated carbocycles. The maximum Gasteiger partial charge on any atom is 0.310 e. The molecule has 9 heteroatoms. The van der Waals surface area contributed by atoms with Gasteiger partial charge in [0.1, 0.15) is 9.84 Å². The number of nitrogens with zero attached hydrogens (tertiary/aromatic N) is 1. The fraction of sp³-hybridized carbons (Fsp3) is 0.846. The molecule has 7 nitrogen and oxygen atoms in total. The van der Waals surface area contributed by atoms with Gasteiger partial charge in [-0.15, -0.1) is 24.0 Å². The molecule has 0 aliphatic carbocycles. The number of guanidine groups is 1. The largest absolute Gasteiger partial charge is 0.469 e. The van der Waals surface area contributed by atoms with Gasteiger partial charge in [0.15, 0.2) is 5.96 Å². The molecule has 0 rings (SSSR count). The zero-order valence-electron chi connectivity index (χ0n) is 13.9. The summed E-state index contributed by atoms with van der Waals surface area (Å²) in [6.07, 6.45) is 1.72. The van der Waals surface area contributed by atoms with Gasteiger partial charge in [-0.2, -0.15) is 0 Å². The molecule has 2 N–H and O–H groups in total. The summed E-state index contributed by atoms with van der Waals surface area (Å²) in [7, 11) is -1.62. The molecule has 0 aliphatic heterocycles. The van der Waals surface area contributed by atoms with Crippen LogP contribution in [0.5, 0.6) is 0 Å². The number of hydrogen-bond donors (Lipinski definition) is 2. The third-order valence-electron chi connectivity index (χ3n) is 2.78. The van der Waals surface area contributed by atoms with Crippen LogP contribution in [-0.2, 0) is 19.4 Å². The number of nitrogens with one attached hydrogen (secondary N) is 2. The van der Waals surface area contributed by atoms with E-state index in [2.05, 4.69) is 20.4 Å². The maximum atomic E-state index is 11.3. The molecule has 22 heavy (non-hydrogen) atoms. The highest BCUT2D eigenvalue weighted by atomic mass is 127. The highest BCUT2D eigenvalue weighted by molar-refractivity contribution is 14.0. The average molecular weight is 449 g/mol. The zero-order chi connectivity index (χ0) is 16.5. The Bertz CT molecular complexity index is 454. The summed E-state index contributed by atoms with van der Waals surface area (Å²) < 4.78 is 26.9. The van der Waals surface area contributed by atoms with Crippen LogP contribution in [0, 0.1) is 5.92 Å². The number of halogens is 1.